The van der Waals surface area contributed by atoms with Crippen LogP contribution in [0.1, 0.15) is 67.2 Å². The largest absolute Gasteiger partial charge is 0.477 e. The van der Waals surface area contributed by atoms with Gasteiger partial charge in [0.1, 0.15) is 16.4 Å². The van der Waals surface area contributed by atoms with Crippen molar-refractivity contribution in [2.75, 3.05) is 0 Å². The Morgan fingerprint density at radius 3 is 2.63 bits per heavy atom. The number of nitrogens with zero attached hydrogens (tertiary/aromatic N) is 2. The number of aromatic carboxylic acids is 1. The summed E-state index contributed by atoms with van der Waals surface area (Å²) >= 11 is 2.60. The molecule has 0 spiro atoms. The van der Waals surface area contributed by atoms with Crippen LogP contribution in [0.4, 0.5) is 4.39 Å². The molecule has 0 atom stereocenters. The Kier molecular flexibility index (Phi) is 7.98. The molecule has 2 aromatic heterocycles. The van der Waals surface area contributed by atoms with Gasteiger partial charge in [0.05, 0.1) is 10.4 Å². The molecule has 30 heavy (non-hydrogen) atoms. The molecule has 0 radical (unpaired) electrons. The lowest BCUT2D eigenvalue weighted by molar-refractivity contribution is 0.0695. The summed E-state index contributed by atoms with van der Waals surface area (Å²) < 4.78 is 15.2. The molecule has 3 aromatic rings. The van der Waals surface area contributed by atoms with Gasteiger partial charge in [-0.15, -0.1) is 10.2 Å². The van der Waals surface area contributed by atoms with E-state index >= 15 is 0 Å². The van der Waals surface area contributed by atoms with E-state index in [1.54, 1.807) is 0 Å². The molecule has 6 nitrogen and oxygen atoms in total. The second kappa shape index (κ2) is 10.7. The van der Waals surface area contributed by atoms with Crippen LogP contribution in [0.2, 0.25) is 0 Å². The van der Waals surface area contributed by atoms with Gasteiger partial charge in [0.25, 0.3) is 0 Å². The Hall–Kier alpha value is -2.26. The number of nitrogens with one attached hydrogen (secondary N) is 1. The Balaban J connectivity index is 1.63. The topological polar surface area (TPSA) is 95.9 Å². The maximum Gasteiger partial charge on any atom is 0.341 e. The van der Waals surface area contributed by atoms with Crippen molar-refractivity contribution in [3.05, 3.63) is 44.9 Å². The van der Waals surface area contributed by atoms with Gasteiger partial charge in [0, 0.05) is 18.0 Å². The maximum absolute atomic E-state index is 14.5. The van der Waals surface area contributed by atoms with Gasteiger partial charge in [-0.3, -0.25) is 4.79 Å². The van der Waals surface area contributed by atoms with Crippen LogP contribution in [0.3, 0.4) is 0 Å². The van der Waals surface area contributed by atoms with Gasteiger partial charge < -0.3 is 10.1 Å². The van der Waals surface area contributed by atoms with Crippen molar-refractivity contribution in [1.29, 1.82) is 0 Å². The van der Waals surface area contributed by atoms with E-state index in [1.165, 1.54) is 55.9 Å². The van der Waals surface area contributed by atoms with Crippen LogP contribution in [-0.4, -0.2) is 26.3 Å². The van der Waals surface area contributed by atoms with E-state index in [9.17, 15) is 14.0 Å². The third kappa shape index (κ3) is 5.66. The molecule has 0 saturated carbocycles. The number of benzene rings is 1. The summed E-state index contributed by atoms with van der Waals surface area (Å²) in [6, 6.07) is 2.57. The summed E-state index contributed by atoms with van der Waals surface area (Å²) in [6.07, 6.45) is 10.6. The number of carbonyl (C=O) groups is 1. The molecule has 2 N–H and O–H groups in total. The Morgan fingerprint density at radius 2 is 1.90 bits per heavy atom. The number of aromatic amines is 1. The minimum atomic E-state index is -1.35. The number of pyridine rings is 1. The zero-order valence-corrected chi connectivity index (χ0v) is 18.4. The number of halogens is 1. The van der Waals surface area contributed by atoms with Crippen molar-refractivity contribution in [2.24, 2.45) is 0 Å². The predicted octanol–water partition coefficient (Wildman–Crippen LogP) is 5.66. The molecule has 0 bridgehead atoms. The van der Waals surface area contributed by atoms with Crippen LogP contribution >= 0.6 is 23.1 Å². The molecule has 0 unspecified atom stereocenters. The third-order valence-corrected chi connectivity index (χ3v) is 6.87. The van der Waals surface area contributed by atoms with Gasteiger partial charge in [0.15, 0.2) is 4.34 Å². The molecule has 160 valence electrons. The second-order valence-electron chi connectivity index (χ2n) is 7.10. The fourth-order valence-corrected chi connectivity index (χ4v) is 5.11. The fraction of sp³-hybridized carbons (Fsp3) is 0.429. The summed E-state index contributed by atoms with van der Waals surface area (Å²) in [5.74, 6) is -1.94. The van der Waals surface area contributed by atoms with Gasteiger partial charge in [-0.2, -0.15) is 0 Å². The molecule has 1 aromatic carbocycles. The third-order valence-electron chi connectivity index (χ3n) is 4.80. The number of carboxylic acids is 1. The smallest absolute Gasteiger partial charge is 0.341 e. The lowest BCUT2D eigenvalue weighted by Crippen LogP contribution is -2.15. The molecule has 0 aliphatic rings. The number of H-pyrrole nitrogens is 1. The SMILES string of the molecule is CCCCCCCCCc1nnc(Sc2cc3[nH]cc(C(=O)O)c(=O)c3cc2F)s1. The average Bonchev–Trinajstić information content (AvgIpc) is 3.16. The van der Waals surface area contributed by atoms with Crippen molar-refractivity contribution in [3.8, 4) is 0 Å². The summed E-state index contributed by atoms with van der Waals surface area (Å²) in [7, 11) is 0. The minimum Gasteiger partial charge on any atom is -0.477 e. The van der Waals surface area contributed by atoms with Crippen LogP contribution in [-0.2, 0) is 6.42 Å². The Labute approximate surface area is 181 Å². The second-order valence-corrected chi connectivity index (χ2v) is 9.45. The molecule has 3 rings (SSSR count). The average molecular weight is 450 g/mol. The molecule has 0 amide bonds. The fourth-order valence-electron chi connectivity index (χ4n) is 3.17. The van der Waals surface area contributed by atoms with E-state index in [-0.39, 0.29) is 5.39 Å². The van der Waals surface area contributed by atoms with E-state index in [4.69, 9.17) is 5.11 Å². The standard InChI is InChI=1S/C21H24FN3O3S2/c1-2-3-4-5-6-7-8-9-18-24-25-21(30-18)29-17-11-16-13(10-15(17)22)19(26)14(12-23-16)20(27)28/h10-12H,2-9H2,1H3,(H,23,26)(H,27,28). The lowest BCUT2D eigenvalue weighted by atomic mass is 10.1. The van der Waals surface area contributed by atoms with E-state index < -0.39 is 22.8 Å². The minimum absolute atomic E-state index is 0.00800. The maximum atomic E-state index is 14.5. The first kappa shape index (κ1) is 22.4. The van der Waals surface area contributed by atoms with Gasteiger partial charge in [-0.25, -0.2) is 9.18 Å². The van der Waals surface area contributed by atoms with Crippen LogP contribution in [0, 0.1) is 5.82 Å². The quantitative estimate of drug-likeness (QED) is 0.367. The van der Waals surface area contributed by atoms with E-state index in [2.05, 4.69) is 22.1 Å². The van der Waals surface area contributed by atoms with Gasteiger partial charge in [-0.05, 0) is 18.6 Å². The van der Waals surface area contributed by atoms with Crippen molar-refractivity contribution in [3.63, 3.8) is 0 Å². The number of fused-ring (bicyclic) bond motifs is 1. The van der Waals surface area contributed by atoms with Crippen molar-refractivity contribution < 1.29 is 14.3 Å². The molecule has 2 heterocycles. The molecule has 9 heteroatoms. The number of aromatic nitrogens is 3. The first-order chi connectivity index (χ1) is 14.5. The molecule has 0 aliphatic carbocycles. The highest BCUT2D eigenvalue weighted by molar-refractivity contribution is 8.01. The Morgan fingerprint density at radius 1 is 1.17 bits per heavy atom. The highest BCUT2D eigenvalue weighted by Crippen LogP contribution is 2.33. The molecule has 0 aliphatic heterocycles. The van der Waals surface area contributed by atoms with Crippen LogP contribution in [0.5, 0.6) is 0 Å². The Bertz CT molecular complexity index is 1080. The molecular formula is C21H24FN3O3S2. The summed E-state index contributed by atoms with van der Waals surface area (Å²) in [6.45, 7) is 2.21. The first-order valence-electron chi connectivity index (χ1n) is 10.1. The molecule has 0 fully saturated rings. The van der Waals surface area contributed by atoms with Crippen LogP contribution in [0.25, 0.3) is 10.9 Å². The highest BCUT2D eigenvalue weighted by atomic mass is 32.2. The monoisotopic (exact) mass is 449 g/mol. The van der Waals surface area contributed by atoms with Crippen LogP contribution < -0.4 is 5.43 Å². The number of rotatable bonds is 11. The van der Waals surface area contributed by atoms with Crippen molar-refractivity contribution >= 4 is 40.0 Å². The normalized spacial score (nSPS) is 11.3. The van der Waals surface area contributed by atoms with Gasteiger partial charge in [-0.1, -0.05) is 68.5 Å². The van der Waals surface area contributed by atoms with Crippen molar-refractivity contribution in [2.45, 2.75) is 67.5 Å². The zero-order valence-electron chi connectivity index (χ0n) is 16.7. The first-order valence-corrected chi connectivity index (χ1v) is 11.7. The zero-order chi connectivity index (χ0) is 21.5. The highest BCUT2D eigenvalue weighted by Gasteiger charge is 2.16. The van der Waals surface area contributed by atoms with Gasteiger partial charge >= 0.3 is 5.97 Å². The predicted molar refractivity (Wildman–Crippen MR) is 117 cm³/mol. The van der Waals surface area contributed by atoms with E-state index in [1.807, 2.05) is 0 Å². The number of hydrogen-bond acceptors (Lipinski definition) is 6. The molecule has 0 saturated heterocycles. The molecular weight excluding hydrogens is 425 g/mol. The number of aryl methyl sites for hydroxylation is 1. The van der Waals surface area contributed by atoms with E-state index in [0.29, 0.717) is 14.8 Å². The van der Waals surface area contributed by atoms with Gasteiger partial charge in [0.2, 0.25) is 5.43 Å². The van der Waals surface area contributed by atoms with Crippen molar-refractivity contribution in [1.82, 2.24) is 15.2 Å². The summed E-state index contributed by atoms with van der Waals surface area (Å²) in [5, 5.41) is 18.3. The number of hydrogen-bond donors (Lipinski definition) is 2. The lowest BCUT2D eigenvalue weighted by Gasteiger charge is -2.04. The number of unbranched alkanes of at least 4 members (excludes halogenated alkanes) is 6. The summed E-state index contributed by atoms with van der Waals surface area (Å²) in [4.78, 5) is 26.3. The van der Waals surface area contributed by atoms with Crippen LogP contribution in [0.15, 0.2) is 32.4 Å². The summed E-state index contributed by atoms with van der Waals surface area (Å²) in [5.41, 5.74) is -0.747. The van der Waals surface area contributed by atoms with E-state index in [0.717, 1.165) is 41.9 Å². The number of carboxylic acid groups (broad SMARTS) is 1.